The Morgan fingerprint density at radius 3 is 3.27 bits per heavy atom. The largest absolute Gasteiger partial charge is 0.306 e. The molecule has 0 saturated carbocycles. The van der Waals surface area contributed by atoms with Crippen molar-refractivity contribution in [3.8, 4) is 0 Å². The summed E-state index contributed by atoms with van der Waals surface area (Å²) in [5, 5.41) is 4.61. The van der Waals surface area contributed by atoms with Crippen molar-refractivity contribution in [2.45, 2.75) is 25.4 Å². The highest BCUT2D eigenvalue weighted by atomic mass is 35.5. The molecule has 1 atom stereocenters. The number of hydrogen-bond donors (Lipinski definition) is 1. The molecular formula is C10H16ClN3S. The molecule has 0 bridgehead atoms. The Morgan fingerprint density at radius 2 is 2.60 bits per heavy atom. The predicted octanol–water partition coefficient (Wildman–Crippen LogP) is 1.98. The van der Waals surface area contributed by atoms with Gasteiger partial charge < -0.3 is 10.2 Å². The van der Waals surface area contributed by atoms with Crippen molar-refractivity contribution in [2.75, 3.05) is 20.1 Å². The Hall–Kier alpha value is -0.160. The quantitative estimate of drug-likeness (QED) is 0.883. The van der Waals surface area contributed by atoms with Gasteiger partial charge in [-0.1, -0.05) is 11.6 Å². The Labute approximate surface area is 99.5 Å². The van der Waals surface area contributed by atoms with Crippen LogP contribution in [0, 0.1) is 0 Å². The lowest BCUT2D eigenvalue weighted by molar-refractivity contribution is 0.226. The predicted molar refractivity (Wildman–Crippen MR) is 64.5 cm³/mol. The summed E-state index contributed by atoms with van der Waals surface area (Å²) >= 11 is 7.38. The maximum Gasteiger partial charge on any atom is 0.113 e. The maximum atomic E-state index is 5.83. The smallest absolute Gasteiger partial charge is 0.113 e. The average molecular weight is 246 g/mol. The van der Waals surface area contributed by atoms with E-state index in [0.717, 1.165) is 22.4 Å². The van der Waals surface area contributed by atoms with Crippen LogP contribution in [0.3, 0.4) is 0 Å². The minimum atomic E-state index is 0.603. The molecule has 1 aromatic heterocycles. The van der Waals surface area contributed by atoms with E-state index in [-0.39, 0.29) is 0 Å². The molecule has 15 heavy (non-hydrogen) atoms. The second-order valence-corrected chi connectivity index (χ2v) is 5.79. The summed E-state index contributed by atoms with van der Waals surface area (Å²) in [6, 6.07) is 0.603. The first-order valence-corrected chi connectivity index (χ1v) is 6.45. The van der Waals surface area contributed by atoms with E-state index in [9.17, 15) is 0 Å². The van der Waals surface area contributed by atoms with Crippen molar-refractivity contribution in [1.29, 1.82) is 0 Å². The second-order valence-electron chi connectivity index (χ2n) is 4.04. The molecule has 0 aliphatic carbocycles. The fraction of sp³-hybridized carbons (Fsp3) is 0.700. The zero-order valence-corrected chi connectivity index (χ0v) is 10.4. The number of piperidine rings is 1. The summed E-state index contributed by atoms with van der Waals surface area (Å²) < 4.78 is 0.771. The van der Waals surface area contributed by atoms with Gasteiger partial charge in [0.1, 0.15) is 9.34 Å². The molecule has 1 unspecified atom stereocenters. The lowest BCUT2D eigenvalue weighted by Gasteiger charge is -2.30. The first kappa shape index (κ1) is 11.3. The minimum Gasteiger partial charge on any atom is -0.306 e. The molecule has 5 heteroatoms. The molecule has 0 radical (unpaired) electrons. The topological polar surface area (TPSA) is 28.2 Å². The number of likely N-dealkylation sites (tertiary alicyclic amines) is 1. The van der Waals surface area contributed by atoms with Gasteiger partial charge in [-0.05, 0) is 26.4 Å². The van der Waals surface area contributed by atoms with Gasteiger partial charge in [-0.25, -0.2) is 4.98 Å². The number of nitrogens with zero attached hydrogens (tertiary/aromatic N) is 2. The van der Waals surface area contributed by atoms with Crippen LogP contribution in [-0.2, 0) is 6.54 Å². The number of likely N-dealkylation sites (N-methyl/N-ethyl adjacent to an activating group) is 1. The van der Waals surface area contributed by atoms with Gasteiger partial charge in [0, 0.05) is 19.1 Å². The highest BCUT2D eigenvalue weighted by molar-refractivity contribution is 7.15. The van der Waals surface area contributed by atoms with Crippen molar-refractivity contribution in [2.24, 2.45) is 0 Å². The Balaban J connectivity index is 1.77. The van der Waals surface area contributed by atoms with Gasteiger partial charge >= 0.3 is 0 Å². The van der Waals surface area contributed by atoms with Crippen LogP contribution >= 0.6 is 22.9 Å². The van der Waals surface area contributed by atoms with Crippen molar-refractivity contribution < 1.29 is 0 Å². The summed E-state index contributed by atoms with van der Waals surface area (Å²) in [4.78, 5) is 6.60. The number of halogens is 1. The average Bonchev–Trinajstić information content (AvgIpc) is 2.62. The molecule has 2 heterocycles. The molecule has 1 saturated heterocycles. The third kappa shape index (κ3) is 3.41. The molecule has 1 fully saturated rings. The third-order valence-corrected chi connectivity index (χ3v) is 3.81. The van der Waals surface area contributed by atoms with Crippen LogP contribution in [0.1, 0.15) is 17.8 Å². The first-order valence-electron chi connectivity index (χ1n) is 5.26. The number of hydrogen-bond acceptors (Lipinski definition) is 4. The number of aromatic nitrogens is 1. The Morgan fingerprint density at radius 1 is 1.73 bits per heavy atom. The highest BCUT2D eigenvalue weighted by Crippen LogP contribution is 2.18. The summed E-state index contributed by atoms with van der Waals surface area (Å²) in [7, 11) is 2.17. The fourth-order valence-electron chi connectivity index (χ4n) is 1.93. The summed E-state index contributed by atoms with van der Waals surface area (Å²) in [6.45, 7) is 3.20. The molecule has 1 N–H and O–H groups in total. The lowest BCUT2D eigenvalue weighted by atomic mass is 10.1. The van der Waals surface area contributed by atoms with Crippen LogP contribution in [0.15, 0.2) is 6.20 Å². The molecule has 3 nitrogen and oxygen atoms in total. The van der Waals surface area contributed by atoms with Crippen LogP contribution < -0.4 is 5.32 Å². The van der Waals surface area contributed by atoms with Gasteiger partial charge in [0.15, 0.2) is 0 Å². The van der Waals surface area contributed by atoms with Gasteiger partial charge in [-0.3, -0.25) is 0 Å². The summed E-state index contributed by atoms with van der Waals surface area (Å²) in [6.07, 6.45) is 4.27. The molecule has 1 aliphatic heterocycles. The number of nitrogens with one attached hydrogen (secondary N) is 1. The molecule has 2 rings (SSSR count). The third-order valence-electron chi connectivity index (χ3n) is 2.69. The van der Waals surface area contributed by atoms with Crippen LogP contribution in [-0.4, -0.2) is 36.1 Å². The van der Waals surface area contributed by atoms with Crippen molar-refractivity contribution in [3.05, 3.63) is 15.5 Å². The standard InChI is InChI=1S/C10H16ClN3S/c1-14-4-2-3-8(7-14)12-6-10-13-5-9(11)15-10/h5,8,12H,2-4,6-7H2,1H3. The lowest BCUT2D eigenvalue weighted by Crippen LogP contribution is -2.43. The van der Waals surface area contributed by atoms with Crippen molar-refractivity contribution in [1.82, 2.24) is 15.2 Å². The molecule has 0 aromatic carbocycles. The van der Waals surface area contributed by atoms with Gasteiger partial charge in [-0.2, -0.15) is 0 Å². The van der Waals surface area contributed by atoms with Crippen molar-refractivity contribution in [3.63, 3.8) is 0 Å². The maximum absolute atomic E-state index is 5.83. The summed E-state index contributed by atoms with van der Waals surface area (Å²) in [5.74, 6) is 0. The molecule has 1 aromatic rings. The van der Waals surface area contributed by atoms with E-state index in [4.69, 9.17) is 11.6 Å². The summed E-state index contributed by atoms with van der Waals surface area (Å²) in [5.41, 5.74) is 0. The molecule has 84 valence electrons. The Kier molecular flexibility index (Phi) is 3.97. The van der Waals surface area contributed by atoms with E-state index in [0.29, 0.717) is 6.04 Å². The van der Waals surface area contributed by atoms with Crippen LogP contribution in [0.4, 0.5) is 0 Å². The van der Waals surface area contributed by atoms with E-state index in [2.05, 4.69) is 22.2 Å². The van der Waals surface area contributed by atoms with Crippen LogP contribution in [0.2, 0.25) is 4.34 Å². The zero-order valence-electron chi connectivity index (χ0n) is 8.87. The Bertz CT molecular complexity index is 315. The van der Waals surface area contributed by atoms with Gasteiger partial charge in [0.25, 0.3) is 0 Å². The van der Waals surface area contributed by atoms with E-state index >= 15 is 0 Å². The molecule has 0 spiro atoms. The van der Waals surface area contributed by atoms with E-state index in [1.54, 1.807) is 17.5 Å². The normalized spacial score (nSPS) is 23.2. The highest BCUT2D eigenvalue weighted by Gasteiger charge is 2.16. The van der Waals surface area contributed by atoms with Crippen molar-refractivity contribution >= 4 is 22.9 Å². The van der Waals surface area contributed by atoms with Crippen LogP contribution in [0.25, 0.3) is 0 Å². The first-order chi connectivity index (χ1) is 7.24. The van der Waals surface area contributed by atoms with E-state index in [1.807, 2.05) is 0 Å². The second kappa shape index (κ2) is 5.25. The fourth-order valence-corrected chi connectivity index (χ4v) is 2.84. The number of thiazole rings is 1. The molecular weight excluding hydrogens is 230 g/mol. The van der Waals surface area contributed by atoms with Gasteiger partial charge in [0.2, 0.25) is 0 Å². The monoisotopic (exact) mass is 245 g/mol. The zero-order chi connectivity index (χ0) is 10.7. The van der Waals surface area contributed by atoms with E-state index < -0.39 is 0 Å². The molecule has 1 aliphatic rings. The minimum absolute atomic E-state index is 0.603. The van der Waals surface area contributed by atoms with Gasteiger partial charge in [0.05, 0.1) is 6.20 Å². The number of rotatable bonds is 3. The van der Waals surface area contributed by atoms with E-state index in [1.165, 1.54) is 19.4 Å². The van der Waals surface area contributed by atoms with Gasteiger partial charge in [-0.15, -0.1) is 11.3 Å². The molecule has 0 amide bonds. The SMILES string of the molecule is CN1CCCC(NCc2ncc(Cl)s2)C1. The van der Waals surface area contributed by atoms with Crippen LogP contribution in [0.5, 0.6) is 0 Å².